The number of unbranched alkanes of at least 4 members (excludes halogenated alkanes) is 6. The molecule has 0 saturated carbocycles. The molecular weight excluding hydrogens is 216 g/mol. The Morgan fingerprint density at radius 1 is 1.18 bits per heavy atom. The number of aliphatic carboxylic acids is 1. The molecule has 1 aliphatic heterocycles. The highest BCUT2D eigenvalue weighted by atomic mass is 16.6. The topological polar surface area (TPSA) is 49.8 Å². The van der Waals surface area contributed by atoms with Crippen molar-refractivity contribution in [3.63, 3.8) is 0 Å². The van der Waals surface area contributed by atoms with Crippen LogP contribution < -0.4 is 0 Å². The second-order valence-corrected chi connectivity index (χ2v) is 4.75. The minimum absolute atomic E-state index is 0.0613. The van der Waals surface area contributed by atoms with Crippen LogP contribution in [-0.2, 0) is 9.53 Å². The first-order valence-corrected chi connectivity index (χ1v) is 6.80. The molecule has 2 unspecified atom stereocenters. The lowest BCUT2D eigenvalue weighted by molar-refractivity contribution is -0.131. The molecule has 0 radical (unpaired) electrons. The number of hydrogen-bond acceptors (Lipinski definition) is 2. The van der Waals surface area contributed by atoms with Gasteiger partial charge in [-0.05, 0) is 12.5 Å². The molecule has 1 aliphatic rings. The van der Waals surface area contributed by atoms with Gasteiger partial charge in [0, 0.05) is 6.08 Å². The summed E-state index contributed by atoms with van der Waals surface area (Å²) in [5, 5.41) is 8.45. The van der Waals surface area contributed by atoms with Crippen molar-refractivity contribution in [2.24, 2.45) is 0 Å². The van der Waals surface area contributed by atoms with E-state index in [1.807, 2.05) is 0 Å². The molecule has 1 fully saturated rings. The summed E-state index contributed by atoms with van der Waals surface area (Å²) in [6.07, 6.45) is 13.4. The van der Waals surface area contributed by atoms with Gasteiger partial charge in [0.2, 0.25) is 0 Å². The van der Waals surface area contributed by atoms with Gasteiger partial charge in [-0.3, -0.25) is 0 Å². The predicted octanol–water partition coefficient (Wildman–Crippen LogP) is 3.54. The molecule has 1 heterocycles. The Kier molecular flexibility index (Phi) is 6.94. The molecule has 0 aromatic heterocycles. The maximum absolute atomic E-state index is 10.3. The minimum atomic E-state index is -0.893. The lowest BCUT2D eigenvalue weighted by Crippen LogP contribution is -1.93. The average Bonchev–Trinajstić information content (AvgIpc) is 3.04. The second-order valence-electron chi connectivity index (χ2n) is 4.75. The molecule has 0 aromatic rings. The van der Waals surface area contributed by atoms with Crippen LogP contribution >= 0.6 is 0 Å². The maximum Gasteiger partial charge on any atom is 0.328 e. The fourth-order valence-corrected chi connectivity index (χ4v) is 2.04. The molecular formula is C14H24O3. The highest BCUT2D eigenvalue weighted by Crippen LogP contribution is 2.28. The molecule has 0 spiro atoms. The van der Waals surface area contributed by atoms with Gasteiger partial charge in [0.25, 0.3) is 0 Å². The van der Waals surface area contributed by atoms with Crippen LogP contribution in [0.3, 0.4) is 0 Å². The Labute approximate surface area is 104 Å². The zero-order chi connectivity index (χ0) is 12.5. The molecule has 17 heavy (non-hydrogen) atoms. The number of rotatable bonds is 10. The van der Waals surface area contributed by atoms with Gasteiger partial charge >= 0.3 is 5.97 Å². The molecule has 1 saturated heterocycles. The molecule has 0 bridgehead atoms. The van der Waals surface area contributed by atoms with E-state index in [4.69, 9.17) is 9.84 Å². The van der Waals surface area contributed by atoms with Crippen molar-refractivity contribution in [2.75, 3.05) is 0 Å². The predicted molar refractivity (Wildman–Crippen MR) is 68.0 cm³/mol. The van der Waals surface area contributed by atoms with Gasteiger partial charge in [-0.1, -0.05) is 51.9 Å². The summed E-state index contributed by atoms with van der Waals surface area (Å²) >= 11 is 0. The number of carbonyl (C=O) groups is 1. The maximum atomic E-state index is 10.3. The van der Waals surface area contributed by atoms with E-state index in [0.29, 0.717) is 0 Å². The van der Waals surface area contributed by atoms with Crippen molar-refractivity contribution in [2.45, 2.75) is 70.5 Å². The zero-order valence-electron chi connectivity index (χ0n) is 10.7. The average molecular weight is 240 g/mol. The van der Waals surface area contributed by atoms with Crippen LogP contribution in [0.25, 0.3) is 0 Å². The molecule has 1 rings (SSSR count). The highest BCUT2D eigenvalue weighted by Gasteiger charge is 2.35. The third-order valence-corrected chi connectivity index (χ3v) is 3.14. The van der Waals surface area contributed by atoms with Crippen molar-refractivity contribution in [3.05, 3.63) is 12.2 Å². The third kappa shape index (κ3) is 7.16. The molecule has 0 aliphatic carbocycles. The van der Waals surface area contributed by atoms with Crippen LogP contribution in [0.5, 0.6) is 0 Å². The van der Waals surface area contributed by atoms with E-state index in [9.17, 15) is 4.79 Å². The molecule has 1 N–H and O–H groups in total. The summed E-state index contributed by atoms with van der Waals surface area (Å²) in [6.45, 7) is 2.23. The lowest BCUT2D eigenvalue weighted by Gasteiger charge is -1.99. The molecule has 98 valence electrons. The number of hydrogen-bond donors (Lipinski definition) is 1. The number of epoxide rings is 1. The van der Waals surface area contributed by atoms with Gasteiger partial charge in [-0.25, -0.2) is 4.79 Å². The van der Waals surface area contributed by atoms with Crippen LogP contribution in [0.1, 0.15) is 58.3 Å². The Morgan fingerprint density at radius 3 is 2.47 bits per heavy atom. The fourth-order valence-electron chi connectivity index (χ4n) is 2.04. The van der Waals surface area contributed by atoms with Crippen LogP contribution in [-0.4, -0.2) is 23.3 Å². The SMILES string of the molecule is CCCCCCCCCC1OC1C=CC(=O)O. The Balaban J connectivity index is 1.87. The van der Waals surface area contributed by atoms with Gasteiger partial charge in [0.1, 0.15) is 6.10 Å². The van der Waals surface area contributed by atoms with E-state index in [1.54, 1.807) is 6.08 Å². The second kappa shape index (κ2) is 8.29. The van der Waals surface area contributed by atoms with Gasteiger partial charge in [-0.2, -0.15) is 0 Å². The summed E-state index contributed by atoms with van der Waals surface area (Å²) in [4.78, 5) is 10.3. The van der Waals surface area contributed by atoms with Gasteiger partial charge < -0.3 is 9.84 Å². The van der Waals surface area contributed by atoms with E-state index >= 15 is 0 Å². The van der Waals surface area contributed by atoms with E-state index in [0.717, 1.165) is 6.42 Å². The molecule has 0 aromatic carbocycles. The summed E-state index contributed by atoms with van der Waals surface area (Å²) in [7, 11) is 0. The minimum Gasteiger partial charge on any atom is -0.478 e. The third-order valence-electron chi connectivity index (χ3n) is 3.14. The van der Waals surface area contributed by atoms with Crippen molar-refractivity contribution < 1.29 is 14.6 Å². The molecule has 3 heteroatoms. The Morgan fingerprint density at radius 2 is 1.82 bits per heavy atom. The fraction of sp³-hybridized carbons (Fsp3) is 0.786. The first-order valence-electron chi connectivity index (χ1n) is 6.80. The van der Waals surface area contributed by atoms with Crippen molar-refractivity contribution in [1.29, 1.82) is 0 Å². The van der Waals surface area contributed by atoms with E-state index in [1.165, 1.54) is 51.0 Å². The normalized spacial score (nSPS) is 23.1. The van der Waals surface area contributed by atoms with E-state index in [-0.39, 0.29) is 12.2 Å². The first-order chi connectivity index (χ1) is 8.24. The smallest absolute Gasteiger partial charge is 0.328 e. The van der Waals surface area contributed by atoms with Gasteiger partial charge in [0.05, 0.1) is 6.10 Å². The van der Waals surface area contributed by atoms with E-state index < -0.39 is 5.97 Å². The summed E-state index contributed by atoms with van der Waals surface area (Å²) < 4.78 is 5.36. The summed E-state index contributed by atoms with van der Waals surface area (Å²) in [5.41, 5.74) is 0. The largest absolute Gasteiger partial charge is 0.478 e. The number of carboxylic acids is 1. The van der Waals surface area contributed by atoms with Crippen LogP contribution in [0.2, 0.25) is 0 Å². The molecule has 2 atom stereocenters. The summed E-state index contributed by atoms with van der Waals surface area (Å²) in [6, 6.07) is 0. The van der Waals surface area contributed by atoms with E-state index in [2.05, 4.69) is 6.92 Å². The van der Waals surface area contributed by atoms with Crippen molar-refractivity contribution in [1.82, 2.24) is 0 Å². The molecule has 0 amide bonds. The Bertz CT molecular complexity index is 248. The Hall–Kier alpha value is -0.830. The molecule has 3 nitrogen and oxygen atoms in total. The highest BCUT2D eigenvalue weighted by molar-refractivity contribution is 5.79. The van der Waals surface area contributed by atoms with Crippen LogP contribution in [0.15, 0.2) is 12.2 Å². The quantitative estimate of drug-likeness (QED) is 0.361. The van der Waals surface area contributed by atoms with Crippen molar-refractivity contribution >= 4 is 5.97 Å². The van der Waals surface area contributed by atoms with Gasteiger partial charge in [-0.15, -0.1) is 0 Å². The monoisotopic (exact) mass is 240 g/mol. The summed E-state index contributed by atoms with van der Waals surface area (Å²) in [5.74, 6) is -0.893. The first kappa shape index (κ1) is 14.2. The number of carboxylic acid groups (broad SMARTS) is 1. The zero-order valence-corrected chi connectivity index (χ0v) is 10.7. The van der Waals surface area contributed by atoms with Crippen LogP contribution in [0.4, 0.5) is 0 Å². The van der Waals surface area contributed by atoms with Crippen molar-refractivity contribution in [3.8, 4) is 0 Å². The standard InChI is InChI=1S/C14H24O3/c1-2-3-4-5-6-7-8-9-12-13(17-12)10-11-14(15)16/h10-13H,2-9H2,1H3,(H,15,16). The lowest BCUT2D eigenvalue weighted by atomic mass is 10.1. The van der Waals surface area contributed by atoms with Gasteiger partial charge in [0.15, 0.2) is 0 Å². The van der Waals surface area contributed by atoms with Crippen LogP contribution in [0, 0.1) is 0 Å². The number of ether oxygens (including phenoxy) is 1.